The summed E-state index contributed by atoms with van der Waals surface area (Å²) in [5, 5.41) is 0. The second-order valence-corrected chi connectivity index (χ2v) is 2.99. The molecule has 2 unspecified atom stereocenters. The van der Waals surface area contributed by atoms with Gasteiger partial charge < -0.3 is 4.74 Å². The number of rotatable bonds is 1. The van der Waals surface area contributed by atoms with Crippen LogP contribution < -0.4 is 0 Å². The fourth-order valence-corrected chi connectivity index (χ4v) is 0.626. The lowest BCUT2D eigenvalue weighted by atomic mass is 10.4. The van der Waals surface area contributed by atoms with Gasteiger partial charge in [-0.05, 0) is 0 Å². The molecule has 0 saturated carbocycles. The van der Waals surface area contributed by atoms with Gasteiger partial charge in [-0.2, -0.15) is 0 Å². The van der Waals surface area contributed by atoms with Crippen LogP contribution in [0.5, 0.6) is 0 Å². The summed E-state index contributed by atoms with van der Waals surface area (Å²) in [5.74, 6) is 0. The second kappa shape index (κ2) is 1.51. The Kier molecular flexibility index (Phi) is 1.15. The van der Waals surface area contributed by atoms with Gasteiger partial charge in [0.25, 0.3) is 0 Å². The average Bonchev–Trinajstić information content (AvgIpc) is 2.06. The molecule has 1 heterocycles. The Morgan fingerprint density at radius 3 is 2.50 bits per heavy atom. The van der Waals surface area contributed by atoms with Crippen LogP contribution in [0, 0.1) is 0 Å². The van der Waals surface area contributed by atoms with Crippen molar-refractivity contribution in [1.82, 2.24) is 0 Å². The van der Waals surface area contributed by atoms with Gasteiger partial charge in [-0.15, -0.1) is 0 Å². The Hall–Kier alpha value is 0.440. The lowest BCUT2D eigenvalue weighted by Crippen LogP contribution is -1.97. The topological polar surface area (TPSA) is 12.5 Å². The third-order valence-corrected chi connectivity index (χ3v) is 1.46. The van der Waals surface area contributed by atoms with Gasteiger partial charge in [0.05, 0.1) is 12.7 Å². The van der Waals surface area contributed by atoms with Crippen LogP contribution in [0.3, 0.4) is 0 Å². The molecule has 0 aromatic heterocycles. The average molecular weight is 151 g/mol. The SMILES string of the molecule is CC(Br)C1CO1. The van der Waals surface area contributed by atoms with Crippen molar-refractivity contribution in [1.29, 1.82) is 0 Å². The summed E-state index contributed by atoms with van der Waals surface area (Å²) >= 11 is 3.38. The summed E-state index contributed by atoms with van der Waals surface area (Å²) in [6.45, 7) is 3.05. The Morgan fingerprint density at radius 2 is 2.50 bits per heavy atom. The zero-order valence-corrected chi connectivity index (χ0v) is 5.23. The number of epoxide rings is 1. The molecule has 0 aromatic carbocycles. The quantitative estimate of drug-likeness (QED) is 0.404. The maximum Gasteiger partial charge on any atom is 0.0931 e. The molecule has 0 aliphatic carbocycles. The smallest absolute Gasteiger partial charge is 0.0931 e. The van der Waals surface area contributed by atoms with Crippen molar-refractivity contribution in [2.45, 2.75) is 17.9 Å². The molecule has 6 heavy (non-hydrogen) atoms. The Morgan fingerprint density at radius 1 is 2.00 bits per heavy atom. The summed E-state index contributed by atoms with van der Waals surface area (Å²) in [6, 6.07) is 0. The molecule has 1 aliphatic rings. The third-order valence-electron chi connectivity index (χ3n) is 0.871. The summed E-state index contributed by atoms with van der Waals surface area (Å²) in [6.07, 6.45) is 0.519. The first kappa shape index (κ1) is 4.60. The second-order valence-electron chi connectivity index (χ2n) is 1.55. The van der Waals surface area contributed by atoms with Crippen LogP contribution in [0.25, 0.3) is 0 Å². The van der Waals surface area contributed by atoms with E-state index in [1.807, 2.05) is 0 Å². The van der Waals surface area contributed by atoms with Crippen LogP contribution in [-0.4, -0.2) is 17.5 Å². The zero-order chi connectivity index (χ0) is 4.57. The van der Waals surface area contributed by atoms with Crippen LogP contribution >= 0.6 is 15.9 Å². The number of hydrogen-bond donors (Lipinski definition) is 0. The summed E-state index contributed by atoms with van der Waals surface area (Å²) in [7, 11) is 0. The van der Waals surface area contributed by atoms with E-state index in [9.17, 15) is 0 Å². The molecule has 0 spiro atoms. The normalized spacial score (nSPS) is 36.0. The van der Waals surface area contributed by atoms with Crippen molar-refractivity contribution >= 4 is 15.9 Å². The van der Waals surface area contributed by atoms with Gasteiger partial charge in [-0.1, -0.05) is 22.9 Å². The molecule has 1 fully saturated rings. The lowest BCUT2D eigenvalue weighted by Gasteiger charge is -1.88. The number of ether oxygens (including phenoxy) is 1. The molecular weight excluding hydrogens is 144 g/mol. The standard InChI is InChI=1S/C4H7BrO/c1-3(5)4-2-6-4/h3-4H,2H2,1H3. The van der Waals surface area contributed by atoms with E-state index in [1.54, 1.807) is 0 Å². The highest BCUT2D eigenvalue weighted by Crippen LogP contribution is 2.19. The fraction of sp³-hybridized carbons (Fsp3) is 1.00. The number of halogens is 1. The summed E-state index contributed by atoms with van der Waals surface area (Å²) in [5.41, 5.74) is 0. The van der Waals surface area contributed by atoms with Gasteiger partial charge in [-0.3, -0.25) is 0 Å². The minimum atomic E-state index is 0.519. The largest absolute Gasteiger partial charge is 0.372 e. The van der Waals surface area contributed by atoms with Gasteiger partial charge in [0, 0.05) is 4.83 Å². The zero-order valence-electron chi connectivity index (χ0n) is 3.65. The Labute approximate surface area is 45.8 Å². The minimum Gasteiger partial charge on any atom is -0.372 e. The molecule has 1 aliphatic heterocycles. The van der Waals surface area contributed by atoms with Gasteiger partial charge in [0.1, 0.15) is 0 Å². The molecule has 1 nitrogen and oxygen atoms in total. The molecule has 1 saturated heterocycles. The molecule has 0 bridgehead atoms. The molecule has 0 amide bonds. The van der Waals surface area contributed by atoms with Gasteiger partial charge >= 0.3 is 0 Å². The maximum absolute atomic E-state index is 4.92. The van der Waals surface area contributed by atoms with Crippen LogP contribution in [0.1, 0.15) is 6.92 Å². The van der Waals surface area contributed by atoms with Crippen molar-refractivity contribution in [3.05, 3.63) is 0 Å². The predicted octanol–water partition coefficient (Wildman–Crippen LogP) is 1.17. The Bertz CT molecular complexity index is 49.5. The Balaban J connectivity index is 2.13. The monoisotopic (exact) mass is 150 g/mol. The van der Waals surface area contributed by atoms with Crippen molar-refractivity contribution in [2.24, 2.45) is 0 Å². The van der Waals surface area contributed by atoms with Crippen molar-refractivity contribution in [3.63, 3.8) is 0 Å². The minimum absolute atomic E-state index is 0.519. The molecule has 0 radical (unpaired) electrons. The van der Waals surface area contributed by atoms with Crippen LogP contribution in [0.2, 0.25) is 0 Å². The van der Waals surface area contributed by atoms with Crippen LogP contribution in [0.4, 0.5) is 0 Å². The van der Waals surface area contributed by atoms with E-state index >= 15 is 0 Å². The first-order valence-corrected chi connectivity index (χ1v) is 2.98. The van der Waals surface area contributed by atoms with E-state index in [2.05, 4.69) is 22.9 Å². The maximum atomic E-state index is 4.92. The van der Waals surface area contributed by atoms with E-state index in [1.165, 1.54) is 0 Å². The first-order valence-electron chi connectivity index (χ1n) is 2.06. The van der Waals surface area contributed by atoms with Crippen molar-refractivity contribution < 1.29 is 4.74 Å². The van der Waals surface area contributed by atoms with Crippen molar-refractivity contribution in [2.75, 3.05) is 6.61 Å². The van der Waals surface area contributed by atoms with Gasteiger partial charge in [0.2, 0.25) is 0 Å². The molecular formula is C4H7BrO. The lowest BCUT2D eigenvalue weighted by molar-refractivity contribution is 0.409. The first-order chi connectivity index (χ1) is 2.80. The summed E-state index contributed by atoms with van der Waals surface area (Å²) < 4.78 is 4.92. The van der Waals surface area contributed by atoms with Gasteiger partial charge in [0.15, 0.2) is 0 Å². The molecule has 0 N–H and O–H groups in total. The molecule has 0 aromatic rings. The van der Waals surface area contributed by atoms with E-state index in [0.29, 0.717) is 10.9 Å². The predicted molar refractivity (Wildman–Crippen MR) is 28.1 cm³/mol. The molecule has 1 rings (SSSR count). The van der Waals surface area contributed by atoms with E-state index in [0.717, 1.165) is 6.61 Å². The number of hydrogen-bond acceptors (Lipinski definition) is 1. The molecule has 2 heteroatoms. The highest BCUT2D eigenvalue weighted by Gasteiger charge is 2.26. The van der Waals surface area contributed by atoms with E-state index in [4.69, 9.17) is 4.74 Å². The molecule has 36 valence electrons. The summed E-state index contributed by atoms with van der Waals surface area (Å²) in [4.78, 5) is 0.553. The van der Waals surface area contributed by atoms with Crippen molar-refractivity contribution in [3.8, 4) is 0 Å². The fourth-order valence-electron chi connectivity index (χ4n) is 0.321. The van der Waals surface area contributed by atoms with Crippen LogP contribution in [0.15, 0.2) is 0 Å². The van der Waals surface area contributed by atoms with Crippen LogP contribution in [-0.2, 0) is 4.74 Å². The highest BCUT2D eigenvalue weighted by atomic mass is 79.9. The van der Waals surface area contributed by atoms with E-state index < -0.39 is 0 Å². The number of alkyl halides is 1. The third kappa shape index (κ3) is 0.949. The molecule has 2 atom stereocenters. The van der Waals surface area contributed by atoms with E-state index in [-0.39, 0.29) is 0 Å². The highest BCUT2D eigenvalue weighted by molar-refractivity contribution is 9.09. The van der Waals surface area contributed by atoms with Gasteiger partial charge in [-0.25, -0.2) is 0 Å².